The second kappa shape index (κ2) is 38.8. The number of esters is 5. The van der Waals surface area contributed by atoms with Gasteiger partial charge in [0.2, 0.25) is 0 Å². The zero-order chi connectivity index (χ0) is 53.3. The molecule has 0 saturated carbocycles. The summed E-state index contributed by atoms with van der Waals surface area (Å²) in [5.41, 5.74) is -4.47. The van der Waals surface area contributed by atoms with Crippen LogP contribution in [0.1, 0.15) is 90.4 Å². The smallest absolute Gasteiger partial charge is 0.336 e. The third-order valence-electron chi connectivity index (χ3n) is 10.3. The molecule has 0 amide bonds. The number of ether oxygens (including phenoxy) is 8. The number of rotatable bonds is 40. The lowest BCUT2D eigenvalue weighted by atomic mass is 9.90. The van der Waals surface area contributed by atoms with Crippen molar-refractivity contribution in [2.45, 2.75) is 110 Å². The van der Waals surface area contributed by atoms with Crippen molar-refractivity contribution >= 4 is 29.8 Å². The van der Waals surface area contributed by atoms with Crippen molar-refractivity contribution in [3.63, 3.8) is 0 Å². The zero-order valence-corrected chi connectivity index (χ0v) is 41.0. The minimum Gasteiger partial charge on any atom is -0.462 e. The average Bonchev–Trinajstić information content (AvgIpc) is 3.38. The summed E-state index contributed by atoms with van der Waals surface area (Å²) in [5.74, 6) is -4.04. The SMILES string of the molecule is C=CC(=O)OCC(CO)(COCC(COC(=O)C=C)(COC(=O)C=C)COC(=O)C=C)COC(=O)C=C.CCCCCCCn1c(=O)n(CCCCCCOC#N)c(=O)n(CCCCCCOC#N)c1=O. The molecule has 0 spiro atoms. The van der Waals surface area contributed by atoms with Crippen LogP contribution in [0.2, 0.25) is 0 Å². The molecule has 0 unspecified atom stereocenters. The lowest BCUT2D eigenvalue weighted by molar-refractivity contribution is -0.166. The van der Waals surface area contributed by atoms with Gasteiger partial charge in [0, 0.05) is 50.0 Å². The molecule has 1 heterocycles. The summed E-state index contributed by atoms with van der Waals surface area (Å²) in [7, 11) is 0. The fraction of sp³-hybridized carbons (Fsp3) is 0.592. The van der Waals surface area contributed by atoms with Crippen molar-refractivity contribution in [1.82, 2.24) is 13.7 Å². The quantitative estimate of drug-likeness (QED) is 0.0321. The van der Waals surface area contributed by atoms with Crippen LogP contribution >= 0.6 is 0 Å². The van der Waals surface area contributed by atoms with E-state index < -0.39 is 97.4 Å². The van der Waals surface area contributed by atoms with Crippen LogP contribution in [-0.4, -0.2) is 115 Å². The van der Waals surface area contributed by atoms with E-state index >= 15 is 0 Å². The van der Waals surface area contributed by atoms with Crippen LogP contribution in [0, 0.1) is 33.9 Å². The summed E-state index contributed by atoms with van der Waals surface area (Å²) in [6, 6.07) is 0. The van der Waals surface area contributed by atoms with Crippen LogP contribution < -0.4 is 17.1 Å². The maximum Gasteiger partial charge on any atom is 0.336 e. The van der Waals surface area contributed by atoms with Crippen LogP contribution in [0.15, 0.2) is 77.7 Å². The molecule has 71 heavy (non-hydrogen) atoms. The van der Waals surface area contributed by atoms with Gasteiger partial charge in [-0.1, -0.05) is 78.3 Å². The van der Waals surface area contributed by atoms with E-state index in [0.29, 0.717) is 32.6 Å². The topological polar surface area (TPSA) is 293 Å². The second-order valence-electron chi connectivity index (χ2n) is 16.1. The molecule has 0 aliphatic heterocycles. The van der Waals surface area contributed by atoms with Crippen molar-refractivity contribution in [3.8, 4) is 12.5 Å². The number of nitrogens with zero attached hydrogens (tertiary/aromatic N) is 5. The van der Waals surface area contributed by atoms with Crippen molar-refractivity contribution in [2.24, 2.45) is 10.8 Å². The van der Waals surface area contributed by atoms with Gasteiger partial charge in [-0.3, -0.25) is 0 Å². The number of aliphatic hydroxyl groups is 1. The van der Waals surface area contributed by atoms with Gasteiger partial charge in [-0.2, -0.15) is 10.5 Å². The molecule has 0 radical (unpaired) electrons. The van der Waals surface area contributed by atoms with E-state index in [9.17, 15) is 43.5 Å². The third-order valence-corrected chi connectivity index (χ3v) is 10.3. The predicted octanol–water partition coefficient (Wildman–Crippen LogP) is 3.87. The Morgan fingerprint density at radius 3 is 1.04 bits per heavy atom. The number of nitriles is 2. The number of aromatic nitrogens is 3. The molecule has 0 aliphatic carbocycles. The van der Waals surface area contributed by atoms with Gasteiger partial charge in [0.05, 0.1) is 30.7 Å². The standard InChI is InChI=1S/C25H32O12.C24H39N5O5/c1-6-19(27)33-14-24(11-26,15-34-20(28)7-2)12-32-13-25(16-35-21(29)8-3,17-36-22(30)9-4)18-37-23(31)10-5;1-2-3-4-5-10-15-27-22(30)28(16-11-6-8-13-18-33-20-25)24(32)29(23(27)31)17-12-7-9-14-19-34-21-26/h6-10,26H,1-5,11-18H2;2-19H2,1H3. The highest BCUT2D eigenvalue weighted by molar-refractivity contribution is 5.82. The molecule has 0 aliphatic rings. The van der Waals surface area contributed by atoms with Crippen molar-refractivity contribution in [3.05, 3.63) is 94.7 Å². The summed E-state index contributed by atoms with van der Waals surface area (Å²) < 4.78 is 44.0. The van der Waals surface area contributed by atoms with Crippen LogP contribution in [-0.2, 0) is 81.5 Å². The van der Waals surface area contributed by atoms with Gasteiger partial charge in [0.25, 0.3) is 12.5 Å². The molecular weight excluding hydrogens is 931 g/mol. The molecule has 394 valence electrons. The fourth-order valence-electron chi connectivity index (χ4n) is 6.23. The molecule has 22 heteroatoms. The Labute approximate surface area is 414 Å². The number of carbonyl (C=O) groups is 5. The van der Waals surface area contributed by atoms with Gasteiger partial charge in [0.1, 0.15) is 46.2 Å². The summed E-state index contributed by atoms with van der Waals surface area (Å²) in [4.78, 5) is 97.2. The minimum atomic E-state index is -1.44. The van der Waals surface area contributed by atoms with Gasteiger partial charge in [0.15, 0.2) is 0 Å². The average molecular weight is 1000 g/mol. The number of carbonyl (C=O) groups excluding carboxylic acids is 5. The summed E-state index contributed by atoms with van der Waals surface area (Å²) in [5, 5.41) is 26.8. The largest absolute Gasteiger partial charge is 0.462 e. The number of unbranched alkanes of at least 4 members (excludes halogenated alkanes) is 10. The van der Waals surface area contributed by atoms with Gasteiger partial charge < -0.3 is 43.0 Å². The molecule has 1 N–H and O–H groups in total. The maximum atomic E-state index is 13.0. The third kappa shape index (κ3) is 27.1. The van der Waals surface area contributed by atoms with Crippen LogP contribution in [0.4, 0.5) is 0 Å². The van der Waals surface area contributed by atoms with Gasteiger partial charge in [-0.25, -0.2) is 52.1 Å². The van der Waals surface area contributed by atoms with E-state index in [4.69, 9.17) is 38.9 Å². The first-order valence-electron chi connectivity index (χ1n) is 23.2. The molecule has 0 aromatic carbocycles. The lowest BCUT2D eigenvalue weighted by Gasteiger charge is -2.34. The van der Waals surface area contributed by atoms with Crippen LogP contribution in [0.3, 0.4) is 0 Å². The number of hydrogen-bond donors (Lipinski definition) is 1. The number of aliphatic hydroxyl groups excluding tert-OH is 1. The Hall–Kier alpha value is -7.04. The van der Waals surface area contributed by atoms with Crippen molar-refractivity contribution in [1.29, 1.82) is 10.5 Å². The minimum absolute atomic E-state index is 0.262. The fourth-order valence-corrected chi connectivity index (χ4v) is 6.23. The van der Waals surface area contributed by atoms with Gasteiger partial charge >= 0.3 is 46.9 Å². The van der Waals surface area contributed by atoms with Crippen LogP contribution in [0.25, 0.3) is 0 Å². The molecule has 0 saturated heterocycles. The Morgan fingerprint density at radius 1 is 0.479 bits per heavy atom. The van der Waals surface area contributed by atoms with E-state index in [1.165, 1.54) is 13.7 Å². The van der Waals surface area contributed by atoms with E-state index in [1.54, 1.807) is 12.5 Å². The predicted molar refractivity (Wildman–Crippen MR) is 257 cm³/mol. The van der Waals surface area contributed by atoms with Crippen LogP contribution in [0.5, 0.6) is 0 Å². The first-order chi connectivity index (χ1) is 34.1. The van der Waals surface area contributed by atoms with Gasteiger partial charge in [-0.15, -0.1) is 0 Å². The summed E-state index contributed by atoms with van der Waals surface area (Å²) >= 11 is 0. The van der Waals surface area contributed by atoms with E-state index in [-0.39, 0.29) is 26.3 Å². The molecule has 0 fully saturated rings. The maximum absolute atomic E-state index is 13.0. The van der Waals surface area contributed by atoms with E-state index in [1.807, 2.05) is 0 Å². The molecule has 0 atom stereocenters. The monoisotopic (exact) mass is 1000 g/mol. The lowest BCUT2D eigenvalue weighted by Crippen LogP contribution is -2.54. The first kappa shape index (κ1) is 64.0. The molecule has 0 bridgehead atoms. The number of hydrogen-bond acceptors (Lipinski definition) is 19. The first-order valence-corrected chi connectivity index (χ1v) is 23.2. The van der Waals surface area contributed by atoms with Crippen molar-refractivity contribution in [2.75, 3.05) is 66.1 Å². The Kier molecular flexibility index (Phi) is 34.9. The summed E-state index contributed by atoms with van der Waals surface area (Å²) in [6.07, 6.45) is 18.7. The molecule has 1 aromatic heterocycles. The van der Waals surface area contributed by atoms with E-state index in [2.05, 4.69) is 49.3 Å². The highest BCUT2D eigenvalue weighted by atomic mass is 16.6. The molecule has 22 nitrogen and oxygen atoms in total. The Balaban J connectivity index is 0.00000138. The molecular formula is C49H71N5O17. The summed E-state index contributed by atoms with van der Waals surface area (Å²) in [6.45, 7) is 16.5. The van der Waals surface area contributed by atoms with E-state index in [0.717, 1.165) is 101 Å². The zero-order valence-electron chi connectivity index (χ0n) is 41.0. The molecule has 1 rings (SSSR count). The highest BCUT2D eigenvalue weighted by Crippen LogP contribution is 2.25. The Bertz CT molecular complexity index is 1980. The normalized spacial score (nSPS) is 10.6. The second-order valence-corrected chi connectivity index (χ2v) is 16.1. The molecule has 1 aromatic rings. The van der Waals surface area contributed by atoms with Crippen molar-refractivity contribution < 1.29 is 67.0 Å². The van der Waals surface area contributed by atoms with Gasteiger partial charge in [-0.05, 0) is 44.9 Å². The highest BCUT2D eigenvalue weighted by Gasteiger charge is 2.39. The Morgan fingerprint density at radius 2 is 0.761 bits per heavy atom.